The normalized spacial score (nSPS) is 26.1. The number of ether oxygens (including phenoxy) is 1. The number of hydrogen-bond donors (Lipinski definition) is 1. The number of morpholine rings is 1. The van der Waals surface area contributed by atoms with Crippen LogP contribution in [0.5, 0.6) is 0 Å². The summed E-state index contributed by atoms with van der Waals surface area (Å²) in [5.41, 5.74) is 6.42. The summed E-state index contributed by atoms with van der Waals surface area (Å²) in [5, 5.41) is 8.36. The SMILES string of the molecule is CC(C)CCCC1CN(C(=O)c2cn(C3CCC(N)CC3)nn2)CCO1.Cl. The van der Waals surface area contributed by atoms with Crippen molar-refractivity contribution in [2.75, 3.05) is 19.7 Å². The Hall–Kier alpha value is -1.18. The molecule has 1 aromatic heterocycles. The molecule has 1 amide bonds. The first-order chi connectivity index (χ1) is 12.5. The van der Waals surface area contributed by atoms with Gasteiger partial charge in [0.1, 0.15) is 0 Å². The second-order valence-electron chi connectivity index (χ2n) is 8.22. The van der Waals surface area contributed by atoms with E-state index in [2.05, 4.69) is 24.2 Å². The van der Waals surface area contributed by atoms with Crippen molar-refractivity contribution in [3.63, 3.8) is 0 Å². The maximum absolute atomic E-state index is 12.8. The van der Waals surface area contributed by atoms with Crippen LogP contribution in [0.3, 0.4) is 0 Å². The van der Waals surface area contributed by atoms with Crippen LogP contribution in [0.15, 0.2) is 6.20 Å². The summed E-state index contributed by atoms with van der Waals surface area (Å²) < 4.78 is 7.70. The molecule has 2 N–H and O–H groups in total. The number of amides is 1. The van der Waals surface area contributed by atoms with Gasteiger partial charge in [0.15, 0.2) is 5.69 Å². The van der Waals surface area contributed by atoms with Gasteiger partial charge in [-0.15, -0.1) is 17.5 Å². The van der Waals surface area contributed by atoms with E-state index >= 15 is 0 Å². The van der Waals surface area contributed by atoms with E-state index in [1.807, 2.05) is 15.8 Å². The Morgan fingerprint density at radius 1 is 1.33 bits per heavy atom. The first kappa shape index (κ1) is 22.1. The number of hydrogen-bond acceptors (Lipinski definition) is 5. The highest BCUT2D eigenvalue weighted by molar-refractivity contribution is 5.92. The summed E-state index contributed by atoms with van der Waals surface area (Å²) in [4.78, 5) is 14.7. The molecule has 1 saturated heterocycles. The summed E-state index contributed by atoms with van der Waals surface area (Å²) in [5.74, 6) is 0.682. The lowest BCUT2D eigenvalue weighted by Gasteiger charge is -2.32. The molecule has 8 heteroatoms. The molecule has 154 valence electrons. The topological polar surface area (TPSA) is 86.3 Å². The Morgan fingerprint density at radius 2 is 2.07 bits per heavy atom. The Kier molecular flexibility index (Phi) is 8.51. The lowest BCUT2D eigenvalue weighted by molar-refractivity contribution is -0.0262. The van der Waals surface area contributed by atoms with E-state index in [9.17, 15) is 4.79 Å². The monoisotopic (exact) mass is 399 g/mol. The molecule has 2 heterocycles. The van der Waals surface area contributed by atoms with Gasteiger partial charge in [-0.1, -0.05) is 31.9 Å². The van der Waals surface area contributed by atoms with Crippen molar-refractivity contribution in [1.29, 1.82) is 0 Å². The van der Waals surface area contributed by atoms with Gasteiger partial charge >= 0.3 is 0 Å². The zero-order chi connectivity index (χ0) is 18.5. The molecule has 0 aromatic carbocycles. The van der Waals surface area contributed by atoms with Crippen molar-refractivity contribution in [2.24, 2.45) is 11.7 Å². The van der Waals surface area contributed by atoms with Gasteiger partial charge in [-0.05, 0) is 38.0 Å². The highest BCUT2D eigenvalue weighted by atomic mass is 35.5. The number of nitrogens with two attached hydrogens (primary N) is 1. The fraction of sp³-hybridized carbons (Fsp3) is 0.842. The van der Waals surface area contributed by atoms with Gasteiger partial charge in [-0.2, -0.15) is 0 Å². The number of carbonyl (C=O) groups excluding carboxylic acids is 1. The fourth-order valence-corrected chi connectivity index (χ4v) is 3.91. The second kappa shape index (κ2) is 10.4. The van der Waals surface area contributed by atoms with Crippen LogP contribution in [0.2, 0.25) is 0 Å². The van der Waals surface area contributed by atoms with Gasteiger partial charge in [0, 0.05) is 19.1 Å². The number of halogens is 1. The predicted molar refractivity (Wildman–Crippen MR) is 107 cm³/mol. The minimum atomic E-state index is -0.0269. The van der Waals surface area contributed by atoms with Gasteiger partial charge in [0.2, 0.25) is 0 Å². The predicted octanol–water partition coefficient (Wildman–Crippen LogP) is 2.81. The van der Waals surface area contributed by atoms with E-state index in [1.165, 1.54) is 6.42 Å². The van der Waals surface area contributed by atoms with Crippen LogP contribution in [0, 0.1) is 5.92 Å². The molecule has 0 spiro atoms. The largest absolute Gasteiger partial charge is 0.375 e. The molecule has 3 rings (SSSR count). The molecule has 1 saturated carbocycles. The third-order valence-electron chi connectivity index (χ3n) is 5.58. The van der Waals surface area contributed by atoms with Crippen LogP contribution in [-0.2, 0) is 4.74 Å². The van der Waals surface area contributed by atoms with Crippen molar-refractivity contribution < 1.29 is 9.53 Å². The smallest absolute Gasteiger partial charge is 0.276 e. The summed E-state index contributed by atoms with van der Waals surface area (Å²) in [6.45, 7) is 6.36. The quantitative estimate of drug-likeness (QED) is 0.794. The second-order valence-corrected chi connectivity index (χ2v) is 8.22. The lowest BCUT2D eigenvalue weighted by atomic mass is 9.92. The lowest BCUT2D eigenvalue weighted by Crippen LogP contribution is -2.45. The molecule has 1 aliphatic heterocycles. The average molecular weight is 400 g/mol. The fourth-order valence-electron chi connectivity index (χ4n) is 3.91. The summed E-state index contributed by atoms with van der Waals surface area (Å²) >= 11 is 0. The van der Waals surface area contributed by atoms with Crippen molar-refractivity contribution in [2.45, 2.75) is 77.0 Å². The Bertz CT molecular complexity index is 586. The maximum Gasteiger partial charge on any atom is 0.276 e. The number of nitrogens with zero attached hydrogens (tertiary/aromatic N) is 4. The molecular weight excluding hydrogens is 366 g/mol. The zero-order valence-corrected chi connectivity index (χ0v) is 17.4. The number of aromatic nitrogens is 3. The zero-order valence-electron chi connectivity index (χ0n) is 16.5. The third kappa shape index (κ3) is 6.16. The maximum atomic E-state index is 12.8. The van der Waals surface area contributed by atoms with E-state index in [1.54, 1.807) is 0 Å². The van der Waals surface area contributed by atoms with Crippen molar-refractivity contribution in [3.8, 4) is 0 Å². The van der Waals surface area contributed by atoms with Crippen LogP contribution in [0.4, 0.5) is 0 Å². The van der Waals surface area contributed by atoms with Crippen LogP contribution < -0.4 is 5.73 Å². The van der Waals surface area contributed by atoms with Gasteiger partial charge in [0.25, 0.3) is 5.91 Å². The molecule has 1 aliphatic carbocycles. The van der Waals surface area contributed by atoms with Gasteiger partial charge in [-0.3, -0.25) is 4.79 Å². The van der Waals surface area contributed by atoms with Gasteiger partial charge in [0.05, 0.1) is 24.9 Å². The van der Waals surface area contributed by atoms with Crippen molar-refractivity contribution in [3.05, 3.63) is 11.9 Å². The first-order valence-electron chi connectivity index (χ1n) is 10.1. The first-order valence-corrected chi connectivity index (χ1v) is 10.1. The van der Waals surface area contributed by atoms with Crippen molar-refractivity contribution in [1.82, 2.24) is 19.9 Å². The van der Waals surface area contributed by atoms with Crippen LogP contribution in [-0.4, -0.2) is 57.6 Å². The Morgan fingerprint density at radius 3 is 2.78 bits per heavy atom. The van der Waals surface area contributed by atoms with Crippen LogP contribution in [0.1, 0.15) is 75.3 Å². The summed E-state index contributed by atoms with van der Waals surface area (Å²) in [6.07, 6.45) is 9.34. The molecule has 27 heavy (non-hydrogen) atoms. The Labute approximate surface area is 168 Å². The Balaban J connectivity index is 0.00000261. The molecule has 7 nitrogen and oxygen atoms in total. The van der Waals surface area contributed by atoms with Gasteiger partial charge < -0.3 is 15.4 Å². The van der Waals surface area contributed by atoms with E-state index < -0.39 is 0 Å². The molecule has 1 unspecified atom stereocenters. The molecule has 1 atom stereocenters. The molecule has 0 radical (unpaired) electrons. The van der Waals surface area contributed by atoms with E-state index in [0.29, 0.717) is 43.4 Å². The molecule has 0 bridgehead atoms. The standard InChI is InChI=1S/C19H33N5O2.ClH/c1-14(2)4-3-5-17-12-23(10-11-26-17)19(25)18-13-24(22-21-18)16-8-6-15(20)7-9-16;/h13-17H,3-12,20H2,1-2H3;1H. The van der Waals surface area contributed by atoms with E-state index in [-0.39, 0.29) is 24.4 Å². The summed E-state index contributed by atoms with van der Waals surface area (Å²) in [7, 11) is 0. The average Bonchev–Trinajstić information content (AvgIpc) is 3.12. The van der Waals surface area contributed by atoms with Gasteiger partial charge in [-0.25, -0.2) is 4.68 Å². The molecular formula is C19H34ClN5O2. The number of carbonyl (C=O) groups is 1. The molecule has 2 fully saturated rings. The van der Waals surface area contributed by atoms with Crippen molar-refractivity contribution >= 4 is 18.3 Å². The molecule has 2 aliphatic rings. The summed E-state index contributed by atoms with van der Waals surface area (Å²) in [6, 6.07) is 0.620. The number of rotatable bonds is 6. The third-order valence-corrected chi connectivity index (χ3v) is 5.58. The van der Waals surface area contributed by atoms with E-state index in [0.717, 1.165) is 38.5 Å². The minimum Gasteiger partial charge on any atom is -0.375 e. The highest BCUT2D eigenvalue weighted by Gasteiger charge is 2.28. The van der Waals surface area contributed by atoms with Crippen LogP contribution >= 0.6 is 12.4 Å². The minimum absolute atomic E-state index is 0. The molecule has 1 aromatic rings. The van der Waals surface area contributed by atoms with E-state index in [4.69, 9.17) is 10.5 Å². The van der Waals surface area contributed by atoms with Crippen LogP contribution in [0.25, 0.3) is 0 Å². The highest BCUT2D eigenvalue weighted by Crippen LogP contribution is 2.27.